The van der Waals surface area contributed by atoms with Gasteiger partial charge in [0.05, 0.1) is 5.02 Å². The minimum absolute atomic E-state index is 0.00998. The zero-order chi connectivity index (χ0) is 14.0. The van der Waals surface area contributed by atoms with Gasteiger partial charge in [-0.05, 0) is 52.8 Å². The monoisotopic (exact) mass is 388 g/mol. The van der Waals surface area contributed by atoms with Crippen molar-refractivity contribution in [3.63, 3.8) is 0 Å². The van der Waals surface area contributed by atoms with Gasteiger partial charge in [-0.2, -0.15) is 0 Å². The van der Waals surface area contributed by atoms with Crippen molar-refractivity contribution in [1.29, 1.82) is 0 Å². The summed E-state index contributed by atoms with van der Waals surface area (Å²) in [7, 11) is 0. The fourth-order valence-corrected chi connectivity index (χ4v) is 2.66. The van der Waals surface area contributed by atoms with Gasteiger partial charge in [0.15, 0.2) is 5.78 Å². The Morgan fingerprint density at radius 1 is 1.32 bits per heavy atom. The second kappa shape index (κ2) is 6.01. The van der Waals surface area contributed by atoms with Gasteiger partial charge in [-0.3, -0.25) is 4.79 Å². The second-order valence-electron chi connectivity index (χ2n) is 4.28. The zero-order valence-corrected chi connectivity index (χ0v) is 13.1. The van der Waals surface area contributed by atoms with Crippen LogP contribution in [-0.2, 0) is 6.42 Å². The maximum Gasteiger partial charge on any atom is 0.168 e. The lowest BCUT2D eigenvalue weighted by Gasteiger charge is -2.07. The first-order chi connectivity index (χ1) is 8.99. The van der Waals surface area contributed by atoms with E-state index in [9.17, 15) is 9.18 Å². The van der Waals surface area contributed by atoms with Crippen molar-refractivity contribution in [2.45, 2.75) is 13.3 Å². The Bertz CT molecular complexity index is 640. The van der Waals surface area contributed by atoms with Gasteiger partial charge in [0.2, 0.25) is 0 Å². The van der Waals surface area contributed by atoms with Crippen molar-refractivity contribution >= 4 is 40.0 Å². The topological polar surface area (TPSA) is 17.1 Å². The minimum atomic E-state index is -0.469. The average molecular weight is 389 g/mol. The van der Waals surface area contributed by atoms with Crippen LogP contribution in [0, 0.1) is 16.3 Å². The molecule has 0 heterocycles. The van der Waals surface area contributed by atoms with E-state index < -0.39 is 5.82 Å². The molecule has 0 amide bonds. The highest BCUT2D eigenvalue weighted by molar-refractivity contribution is 14.1. The Kier molecular flexibility index (Phi) is 4.58. The van der Waals surface area contributed by atoms with Crippen LogP contribution in [0.2, 0.25) is 5.02 Å². The number of carbonyl (C=O) groups is 1. The predicted octanol–water partition coefficient (Wildman–Crippen LogP) is 4.82. The van der Waals surface area contributed by atoms with E-state index in [4.69, 9.17) is 11.6 Å². The van der Waals surface area contributed by atoms with Gasteiger partial charge in [0.1, 0.15) is 5.82 Å². The van der Waals surface area contributed by atoms with E-state index in [2.05, 4.69) is 22.6 Å². The van der Waals surface area contributed by atoms with Gasteiger partial charge in [-0.15, -0.1) is 0 Å². The molecule has 0 aliphatic rings. The summed E-state index contributed by atoms with van der Waals surface area (Å²) in [5, 5.41) is 0.0456. The molecule has 98 valence electrons. The van der Waals surface area contributed by atoms with Gasteiger partial charge in [0.25, 0.3) is 0 Å². The summed E-state index contributed by atoms with van der Waals surface area (Å²) in [6, 6.07) is 10.0. The van der Waals surface area contributed by atoms with Crippen molar-refractivity contribution < 1.29 is 9.18 Å². The van der Waals surface area contributed by atoms with Crippen LogP contribution in [0.5, 0.6) is 0 Å². The van der Waals surface area contributed by atoms with E-state index in [0.717, 1.165) is 9.13 Å². The molecular weight excluding hydrogens is 378 g/mol. The molecule has 0 spiro atoms. The summed E-state index contributed by atoms with van der Waals surface area (Å²) < 4.78 is 14.0. The summed E-state index contributed by atoms with van der Waals surface area (Å²) in [4.78, 5) is 12.2. The maximum atomic E-state index is 13.1. The molecule has 0 saturated carbocycles. The molecule has 0 aromatic heterocycles. The Labute approximate surface area is 129 Å². The average Bonchev–Trinajstić information content (AvgIpc) is 2.37. The van der Waals surface area contributed by atoms with Crippen molar-refractivity contribution in [3.8, 4) is 0 Å². The summed E-state index contributed by atoms with van der Waals surface area (Å²) in [6.07, 6.45) is 0.222. The molecule has 0 saturated heterocycles. The first kappa shape index (κ1) is 14.5. The molecule has 0 fully saturated rings. The van der Waals surface area contributed by atoms with Crippen molar-refractivity contribution in [1.82, 2.24) is 0 Å². The molecule has 2 aromatic carbocycles. The molecule has 0 unspecified atom stereocenters. The highest BCUT2D eigenvalue weighted by Gasteiger charge is 2.12. The minimum Gasteiger partial charge on any atom is -0.294 e. The molecule has 4 heteroatoms. The van der Waals surface area contributed by atoms with Crippen LogP contribution in [0.4, 0.5) is 4.39 Å². The standard InChI is InChI=1S/C15H11ClFIO/c1-9-3-2-4-11(15(9)18)14(19)8-10-5-6-13(17)12(16)7-10/h2-7H,8H2,1H3. The number of halogens is 3. The molecule has 0 aliphatic heterocycles. The van der Waals surface area contributed by atoms with Crippen LogP contribution in [0.25, 0.3) is 0 Å². The number of ketones is 1. The van der Waals surface area contributed by atoms with Gasteiger partial charge < -0.3 is 0 Å². The molecule has 0 radical (unpaired) electrons. The number of aryl methyl sites for hydroxylation is 1. The third-order valence-electron chi connectivity index (χ3n) is 2.84. The van der Waals surface area contributed by atoms with Crippen LogP contribution in [0.3, 0.4) is 0 Å². The number of benzene rings is 2. The van der Waals surface area contributed by atoms with Crippen LogP contribution in [-0.4, -0.2) is 5.78 Å². The third kappa shape index (κ3) is 3.34. The number of hydrogen-bond donors (Lipinski definition) is 0. The fraction of sp³-hybridized carbons (Fsp3) is 0.133. The van der Waals surface area contributed by atoms with Gasteiger partial charge in [-0.1, -0.05) is 35.9 Å². The van der Waals surface area contributed by atoms with Gasteiger partial charge in [-0.25, -0.2) is 4.39 Å². The molecule has 19 heavy (non-hydrogen) atoms. The largest absolute Gasteiger partial charge is 0.294 e. The highest BCUT2D eigenvalue weighted by atomic mass is 127. The first-order valence-electron chi connectivity index (χ1n) is 5.71. The lowest BCUT2D eigenvalue weighted by molar-refractivity contribution is 0.0992. The Morgan fingerprint density at radius 3 is 2.74 bits per heavy atom. The molecule has 0 bridgehead atoms. The fourth-order valence-electron chi connectivity index (χ4n) is 1.79. The Hall–Kier alpha value is -0.940. The number of carbonyl (C=O) groups excluding carboxylic acids is 1. The number of rotatable bonds is 3. The summed E-state index contributed by atoms with van der Waals surface area (Å²) in [5.74, 6) is -0.459. The quantitative estimate of drug-likeness (QED) is 0.544. The highest BCUT2D eigenvalue weighted by Crippen LogP contribution is 2.21. The smallest absolute Gasteiger partial charge is 0.168 e. The summed E-state index contributed by atoms with van der Waals surface area (Å²) >= 11 is 7.88. The molecule has 0 atom stereocenters. The van der Waals surface area contributed by atoms with Crippen LogP contribution in [0.1, 0.15) is 21.5 Å². The van der Waals surface area contributed by atoms with Crippen LogP contribution in [0.15, 0.2) is 36.4 Å². The maximum absolute atomic E-state index is 13.1. The van der Waals surface area contributed by atoms with Gasteiger partial charge >= 0.3 is 0 Å². The van der Waals surface area contributed by atoms with Crippen LogP contribution >= 0.6 is 34.2 Å². The molecular formula is C15H11ClFIO. The molecule has 2 aromatic rings. The lowest BCUT2D eigenvalue weighted by Crippen LogP contribution is -2.06. The van der Waals surface area contributed by atoms with E-state index in [1.165, 1.54) is 12.1 Å². The van der Waals surface area contributed by atoms with Crippen molar-refractivity contribution in [2.75, 3.05) is 0 Å². The Morgan fingerprint density at radius 2 is 2.05 bits per heavy atom. The summed E-state index contributed by atoms with van der Waals surface area (Å²) in [5.41, 5.74) is 2.48. The van der Waals surface area contributed by atoms with E-state index in [1.807, 2.05) is 25.1 Å². The molecule has 1 nitrogen and oxygen atoms in total. The normalized spacial score (nSPS) is 10.5. The van der Waals surface area contributed by atoms with E-state index >= 15 is 0 Å². The van der Waals surface area contributed by atoms with Crippen molar-refractivity contribution in [2.24, 2.45) is 0 Å². The molecule has 0 aliphatic carbocycles. The van der Waals surface area contributed by atoms with Crippen molar-refractivity contribution in [3.05, 3.63) is 67.5 Å². The molecule has 0 N–H and O–H groups in total. The SMILES string of the molecule is Cc1cccc(C(=O)Cc2ccc(F)c(Cl)c2)c1I. The second-order valence-corrected chi connectivity index (χ2v) is 5.77. The first-order valence-corrected chi connectivity index (χ1v) is 7.17. The zero-order valence-electron chi connectivity index (χ0n) is 10.2. The predicted molar refractivity (Wildman–Crippen MR) is 83.3 cm³/mol. The third-order valence-corrected chi connectivity index (χ3v) is 4.56. The summed E-state index contributed by atoms with van der Waals surface area (Å²) in [6.45, 7) is 1.97. The van der Waals surface area contributed by atoms with E-state index in [0.29, 0.717) is 11.1 Å². The van der Waals surface area contributed by atoms with Crippen LogP contribution < -0.4 is 0 Å². The lowest BCUT2D eigenvalue weighted by atomic mass is 10.0. The van der Waals surface area contributed by atoms with E-state index in [-0.39, 0.29) is 17.2 Å². The molecule has 2 rings (SSSR count). The van der Waals surface area contributed by atoms with Gasteiger partial charge in [0, 0.05) is 15.6 Å². The van der Waals surface area contributed by atoms with E-state index in [1.54, 1.807) is 6.07 Å². The number of Topliss-reactive ketones (excluding diaryl/α,β-unsaturated/α-hetero) is 1. The Balaban J connectivity index is 2.26. The number of hydrogen-bond acceptors (Lipinski definition) is 1.